The van der Waals surface area contributed by atoms with Gasteiger partial charge in [-0.2, -0.15) is 0 Å². The Morgan fingerprint density at radius 1 is 1.14 bits per heavy atom. The van der Waals surface area contributed by atoms with Gasteiger partial charge < -0.3 is 14.8 Å². The third-order valence-corrected chi connectivity index (χ3v) is 2.78. The second-order valence-electron chi connectivity index (χ2n) is 4.22. The summed E-state index contributed by atoms with van der Waals surface area (Å²) in [6.07, 6.45) is 0.691. The lowest BCUT2D eigenvalue weighted by atomic mass is 10.2. The highest BCUT2D eigenvalue weighted by Gasteiger charge is 2.06. The van der Waals surface area contributed by atoms with E-state index in [0.29, 0.717) is 29.0 Å². The highest BCUT2D eigenvalue weighted by Crippen LogP contribution is 2.17. The molecule has 0 saturated heterocycles. The fourth-order valence-corrected chi connectivity index (χ4v) is 1.72. The molecular weight excluding hydrogens is 270 g/mol. The normalized spacial score (nSPS) is 9.76. The number of hydrogen-bond acceptors (Lipinski definition) is 4. The molecule has 2 rings (SSSR count). The average Bonchev–Trinajstić information content (AvgIpc) is 2.54. The maximum atomic E-state index is 11.8. The molecular formula is C16H15NO4. The second-order valence-corrected chi connectivity index (χ2v) is 4.22. The summed E-state index contributed by atoms with van der Waals surface area (Å²) in [5.41, 5.74) is 1.06. The van der Waals surface area contributed by atoms with Gasteiger partial charge in [0.15, 0.2) is 12.9 Å². The molecule has 0 fully saturated rings. The monoisotopic (exact) mass is 285 g/mol. The first-order valence-electron chi connectivity index (χ1n) is 6.34. The van der Waals surface area contributed by atoms with Crippen LogP contribution in [0.3, 0.4) is 0 Å². The van der Waals surface area contributed by atoms with Crippen LogP contribution in [-0.2, 0) is 4.79 Å². The predicted molar refractivity (Wildman–Crippen MR) is 78.9 cm³/mol. The summed E-state index contributed by atoms with van der Waals surface area (Å²) in [5.74, 6) is 0.794. The largest absolute Gasteiger partial charge is 0.497 e. The lowest BCUT2D eigenvalue weighted by molar-refractivity contribution is -0.118. The lowest BCUT2D eigenvalue weighted by Gasteiger charge is -2.09. The smallest absolute Gasteiger partial charge is 0.262 e. The number of carbonyl (C=O) groups excluding carboxylic acids is 2. The molecule has 2 aromatic rings. The summed E-state index contributed by atoms with van der Waals surface area (Å²) in [6, 6.07) is 13.7. The molecule has 0 bridgehead atoms. The number of nitrogens with one attached hydrogen (secondary N) is 1. The van der Waals surface area contributed by atoms with Crippen molar-refractivity contribution in [2.24, 2.45) is 0 Å². The number of methoxy groups -OCH3 is 1. The molecule has 0 spiro atoms. The van der Waals surface area contributed by atoms with E-state index in [-0.39, 0.29) is 12.5 Å². The first-order valence-corrected chi connectivity index (χ1v) is 6.34. The summed E-state index contributed by atoms with van der Waals surface area (Å²) in [6.45, 7) is -0.170. The van der Waals surface area contributed by atoms with Gasteiger partial charge in [0.25, 0.3) is 5.91 Å². The Kier molecular flexibility index (Phi) is 4.93. The van der Waals surface area contributed by atoms with Crippen molar-refractivity contribution in [3.8, 4) is 11.5 Å². The van der Waals surface area contributed by atoms with Gasteiger partial charge in [-0.15, -0.1) is 0 Å². The van der Waals surface area contributed by atoms with Crippen LogP contribution in [0.2, 0.25) is 0 Å². The van der Waals surface area contributed by atoms with E-state index in [2.05, 4.69) is 5.32 Å². The van der Waals surface area contributed by atoms with Crippen molar-refractivity contribution >= 4 is 17.9 Å². The summed E-state index contributed by atoms with van der Waals surface area (Å²) in [4.78, 5) is 22.6. The number of rotatable bonds is 6. The number of amides is 1. The third-order valence-electron chi connectivity index (χ3n) is 2.78. The Hall–Kier alpha value is -2.82. The molecule has 21 heavy (non-hydrogen) atoms. The molecule has 0 aromatic heterocycles. The maximum Gasteiger partial charge on any atom is 0.262 e. The Morgan fingerprint density at radius 3 is 2.52 bits per heavy atom. The van der Waals surface area contributed by atoms with Gasteiger partial charge in [-0.3, -0.25) is 9.59 Å². The van der Waals surface area contributed by atoms with Gasteiger partial charge in [0.05, 0.1) is 12.7 Å². The Morgan fingerprint density at radius 2 is 1.86 bits per heavy atom. The highest BCUT2D eigenvalue weighted by molar-refractivity contribution is 5.92. The topological polar surface area (TPSA) is 64.6 Å². The van der Waals surface area contributed by atoms with Gasteiger partial charge in [0.1, 0.15) is 11.5 Å². The molecule has 0 aliphatic carbocycles. The van der Waals surface area contributed by atoms with Gasteiger partial charge in [0.2, 0.25) is 0 Å². The zero-order chi connectivity index (χ0) is 15.1. The number of para-hydroxylation sites is 1. The van der Waals surface area contributed by atoms with E-state index in [0.717, 1.165) is 0 Å². The van der Waals surface area contributed by atoms with Gasteiger partial charge >= 0.3 is 0 Å². The summed E-state index contributed by atoms with van der Waals surface area (Å²) < 4.78 is 10.4. The summed E-state index contributed by atoms with van der Waals surface area (Å²) in [5, 5.41) is 2.69. The van der Waals surface area contributed by atoms with Gasteiger partial charge in [-0.1, -0.05) is 12.1 Å². The lowest BCUT2D eigenvalue weighted by Crippen LogP contribution is -2.20. The fourth-order valence-electron chi connectivity index (χ4n) is 1.72. The molecule has 0 radical (unpaired) electrons. The van der Waals surface area contributed by atoms with Crippen LogP contribution < -0.4 is 14.8 Å². The van der Waals surface area contributed by atoms with E-state index >= 15 is 0 Å². The van der Waals surface area contributed by atoms with Crippen molar-refractivity contribution in [1.29, 1.82) is 0 Å². The zero-order valence-corrected chi connectivity index (χ0v) is 11.5. The Labute approximate surface area is 122 Å². The van der Waals surface area contributed by atoms with Crippen molar-refractivity contribution in [2.45, 2.75) is 0 Å². The molecule has 108 valence electrons. The quantitative estimate of drug-likeness (QED) is 0.828. The molecule has 0 atom stereocenters. The number of carbonyl (C=O) groups is 2. The number of benzene rings is 2. The van der Waals surface area contributed by atoms with E-state index in [1.54, 1.807) is 55.6 Å². The van der Waals surface area contributed by atoms with Crippen molar-refractivity contribution in [3.05, 3.63) is 54.1 Å². The fraction of sp³-hybridized carbons (Fsp3) is 0.125. The molecule has 0 heterocycles. The van der Waals surface area contributed by atoms with E-state index < -0.39 is 0 Å². The van der Waals surface area contributed by atoms with Gasteiger partial charge in [-0.25, -0.2) is 0 Å². The number of aldehydes is 1. The predicted octanol–water partition coefficient (Wildman–Crippen LogP) is 2.53. The standard InChI is InChI=1S/C16H15NO4/c1-20-14-8-6-13(7-9-14)17-16(19)11-21-15-5-3-2-4-12(15)10-18/h2-10H,11H2,1H3,(H,17,19). The highest BCUT2D eigenvalue weighted by atomic mass is 16.5. The summed E-state index contributed by atoms with van der Waals surface area (Å²) in [7, 11) is 1.58. The minimum Gasteiger partial charge on any atom is -0.497 e. The zero-order valence-electron chi connectivity index (χ0n) is 11.5. The van der Waals surface area contributed by atoms with Crippen LogP contribution in [0.25, 0.3) is 0 Å². The average molecular weight is 285 g/mol. The van der Waals surface area contributed by atoms with Crippen LogP contribution in [0.15, 0.2) is 48.5 Å². The third kappa shape index (κ3) is 4.07. The van der Waals surface area contributed by atoms with Crippen LogP contribution in [-0.4, -0.2) is 25.9 Å². The minimum absolute atomic E-state index is 0.170. The summed E-state index contributed by atoms with van der Waals surface area (Å²) >= 11 is 0. The first kappa shape index (κ1) is 14.6. The molecule has 2 aromatic carbocycles. The molecule has 0 aliphatic rings. The van der Waals surface area contributed by atoms with E-state index in [4.69, 9.17) is 9.47 Å². The van der Waals surface area contributed by atoms with Gasteiger partial charge in [0, 0.05) is 5.69 Å². The van der Waals surface area contributed by atoms with Crippen molar-refractivity contribution in [2.75, 3.05) is 19.0 Å². The number of ether oxygens (including phenoxy) is 2. The molecule has 5 heteroatoms. The Balaban J connectivity index is 1.91. The van der Waals surface area contributed by atoms with E-state index in [1.807, 2.05) is 0 Å². The van der Waals surface area contributed by atoms with Crippen LogP contribution in [0, 0.1) is 0 Å². The SMILES string of the molecule is COc1ccc(NC(=O)COc2ccccc2C=O)cc1. The van der Waals surface area contributed by atoms with Crippen LogP contribution in [0.1, 0.15) is 10.4 Å². The van der Waals surface area contributed by atoms with Crippen molar-refractivity contribution < 1.29 is 19.1 Å². The molecule has 1 N–H and O–H groups in total. The second kappa shape index (κ2) is 7.09. The Bertz CT molecular complexity index is 622. The molecule has 0 unspecified atom stereocenters. The number of hydrogen-bond donors (Lipinski definition) is 1. The van der Waals surface area contributed by atoms with Crippen LogP contribution >= 0.6 is 0 Å². The van der Waals surface area contributed by atoms with E-state index in [1.165, 1.54) is 0 Å². The van der Waals surface area contributed by atoms with Crippen LogP contribution in [0.4, 0.5) is 5.69 Å². The van der Waals surface area contributed by atoms with Crippen molar-refractivity contribution in [1.82, 2.24) is 0 Å². The maximum absolute atomic E-state index is 11.8. The molecule has 0 saturated carbocycles. The van der Waals surface area contributed by atoms with Crippen molar-refractivity contribution in [3.63, 3.8) is 0 Å². The molecule has 0 aliphatic heterocycles. The van der Waals surface area contributed by atoms with E-state index in [9.17, 15) is 9.59 Å². The minimum atomic E-state index is -0.305. The number of anilines is 1. The molecule has 5 nitrogen and oxygen atoms in total. The first-order chi connectivity index (χ1) is 10.2. The van der Waals surface area contributed by atoms with Crippen LogP contribution in [0.5, 0.6) is 11.5 Å². The molecule has 1 amide bonds. The van der Waals surface area contributed by atoms with Gasteiger partial charge in [-0.05, 0) is 36.4 Å².